The van der Waals surface area contributed by atoms with E-state index in [9.17, 15) is 0 Å². The molecule has 2 N–H and O–H groups in total. The van der Waals surface area contributed by atoms with Crippen LogP contribution in [0.4, 0.5) is 0 Å². The van der Waals surface area contributed by atoms with Crippen LogP contribution >= 0.6 is 0 Å². The highest BCUT2D eigenvalue weighted by Crippen LogP contribution is 2.25. The summed E-state index contributed by atoms with van der Waals surface area (Å²) in [5.74, 6) is 6.54. The first-order valence-corrected chi connectivity index (χ1v) is 5.25. The van der Waals surface area contributed by atoms with Crippen molar-refractivity contribution in [1.82, 2.24) is 5.01 Å². The summed E-state index contributed by atoms with van der Waals surface area (Å²) in [6.07, 6.45) is 9.97. The normalized spacial score (nSPS) is 21.2. The number of hydrazine groups is 1. The van der Waals surface area contributed by atoms with Crippen molar-refractivity contribution in [2.45, 2.75) is 44.9 Å². The van der Waals surface area contributed by atoms with Gasteiger partial charge in [-0.2, -0.15) is 0 Å². The number of hydrogen-bond donors (Lipinski definition) is 1. The van der Waals surface area contributed by atoms with Gasteiger partial charge < -0.3 is 0 Å². The van der Waals surface area contributed by atoms with Gasteiger partial charge in [0.05, 0.1) is 0 Å². The van der Waals surface area contributed by atoms with E-state index in [2.05, 4.69) is 0 Å². The minimum absolute atomic E-state index is 0.957. The molecule has 0 atom stereocenters. The van der Waals surface area contributed by atoms with Crippen LogP contribution in [0.3, 0.4) is 0 Å². The van der Waals surface area contributed by atoms with Crippen molar-refractivity contribution in [2.24, 2.45) is 11.8 Å². The van der Waals surface area contributed by atoms with Crippen LogP contribution in [0.25, 0.3) is 0 Å². The molecule has 0 aromatic rings. The molecule has 1 rings (SSSR count). The Morgan fingerprint density at radius 2 is 1.75 bits per heavy atom. The molecule has 0 aliphatic heterocycles. The number of nitrogens with two attached hydrogens (primary N) is 1. The Bertz CT molecular complexity index is 104. The molecule has 1 fully saturated rings. The van der Waals surface area contributed by atoms with Crippen molar-refractivity contribution in [2.75, 3.05) is 13.6 Å². The van der Waals surface area contributed by atoms with E-state index in [1.54, 1.807) is 0 Å². The molecule has 0 amide bonds. The molecular weight excluding hydrogens is 148 g/mol. The average molecular weight is 170 g/mol. The second-order valence-corrected chi connectivity index (χ2v) is 4.13. The van der Waals surface area contributed by atoms with E-state index in [0.29, 0.717) is 0 Å². The van der Waals surface area contributed by atoms with E-state index >= 15 is 0 Å². The van der Waals surface area contributed by atoms with Gasteiger partial charge in [-0.15, -0.1) is 0 Å². The van der Waals surface area contributed by atoms with Crippen molar-refractivity contribution in [3.8, 4) is 0 Å². The van der Waals surface area contributed by atoms with Gasteiger partial charge >= 0.3 is 0 Å². The van der Waals surface area contributed by atoms with E-state index in [1.807, 2.05) is 12.1 Å². The summed E-state index contributed by atoms with van der Waals surface area (Å²) in [5.41, 5.74) is 0. The van der Waals surface area contributed by atoms with E-state index in [1.165, 1.54) is 44.9 Å². The van der Waals surface area contributed by atoms with E-state index in [0.717, 1.165) is 12.5 Å². The van der Waals surface area contributed by atoms with E-state index < -0.39 is 0 Å². The second kappa shape index (κ2) is 5.55. The highest BCUT2D eigenvalue weighted by atomic mass is 15.4. The lowest BCUT2D eigenvalue weighted by molar-refractivity contribution is 0.296. The molecule has 0 aromatic heterocycles. The Kier molecular flexibility index (Phi) is 4.62. The van der Waals surface area contributed by atoms with Crippen LogP contribution in [-0.4, -0.2) is 18.6 Å². The molecule has 0 radical (unpaired) electrons. The third-order valence-corrected chi connectivity index (χ3v) is 2.86. The monoisotopic (exact) mass is 170 g/mol. The second-order valence-electron chi connectivity index (χ2n) is 4.13. The van der Waals surface area contributed by atoms with E-state index in [4.69, 9.17) is 5.84 Å². The Labute approximate surface area is 76.1 Å². The lowest BCUT2D eigenvalue weighted by Gasteiger charge is -2.16. The van der Waals surface area contributed by atoms with Crippen LogP contribution in [0.5, 0.6) is 0 Å². The summed E-state index contributed by atoms with van der Waals surface area (Å²) in [4.78, 5) is 0. The van der Waals surface area contributed by atoms with Gasteiger partial charge in [0.2, 0.25) is 0 Å². The summed E-state index contributed by atoms with van der Waals surface area (Å²) in [7, 11) is 1.96. The minimum Gasteiger partial charge on any atom is -0.269 e. The maximum atomic E-state index is 5.58. The van der Waals surface area contributed by atoms with Gasteiger partial charge in [0.15, 0.2) is 0 Å². The first kappa shape index (κ1) is 10.0. The lowest BCUT2D eigenvalue weighted by atomic mass is 9.97. The minimum atomic E-state index is 0.957. The highest BCUT2D eigenvalue weighted by molar-refractivity contribution is 4.65. The topological polar surface area (TPSA) is 29.3 Å². The SMILES string of the molecule is CN(N)CCC1CCCCCC1. The molecule has 0 unspecified atom stereocenters. The summed E-state index contributed by atoms with van der Waals surface area (Å²) >= 11 is 0. The van der Waals surface area contributed by atoms with Gasteiger partial charge in [0, 0.05) is 13.6 Å². The lowest BCUT2D eigenvalue weighted by Crippen LogP contribution is -2.28. The molecule has 2 nitrogen and oxygen atoms in total. The standard InChI is InChI=1S/C10H22N2/c1-12(11)9-8-10-6-4-2-3-5-7-10/h10H,2-9,11H2,1H3. The smallest absolute Gasteiger partial charge is 0.0128 e. The molecule has 1 aliphatic rings. The summed E-state index contributed by atoms with van der Waals surface area (Å²) in [5, 5.41) is 1.81. The fourth-order valence-electron chi connectivity index (χ4n) is 2.04. The Hall–Kier alpha value is -0.0800. The fourth-order valence-corrected chi connectivity index (χ4v) is 2.04. The zero-order valence-electron chi connectivity index (χ0n) is 8.26. The molecule has 12 heavy (non-hydrogen) atoms. The van der Waals surface area contributed by atoms with Crippen LogP contribution in [-0.2, 0) is 0 Å². The maximum absolute atomic E-state index is 5.58. The number of hydrogen-bond acceptors (Lipinski definition) is 2. The van der Waals surface area contributed by atoms with Crippen LogP contribution in [0.2, 0.25) is 0 Å². The van der Waals surface area contributed by atoms with Crippen molar-refractivity contribution in [3.05, 3.63) is 0 Å². The van der Waals surface area contributed by atoms with Crippen LogP contribution < -0.4 is 5.84 Å². The Morgan fingerprint density at radius 3 is 2.25 bits per heavy atom. The molecule has 2 heteroatoms. The zero-order valence-corrected chi connectivity index (χ0v) is 8.26. The molecule has 1 aliphatic carbocycles. The third kappa shape index (κ3) is 4.07. The van der Waals surface area contributed by atoms with Crippen molar-refractivity contribution < 1.29 is 0 Å². The molecular formula is C10H22N2. The quantitative estimate of drug-likeness (QED) is 0.399. The Morgan fingerprint density at radius 1 is 1.17 bits per heavy atom. The Balaban J connectivity index is 2.12. The van der Waals surface area contributed by atoms with Gasteiger partial charge in [0.1, 0.15) is 0 Å². The fraction of sp³-hybridized carbons (Fsp3) is 1.00. The van der Waals surface area contributed by atoms with E-state index in [-0.39, 0.29) is 0 Å². The number of nitrogens with zero attached hydrogens (tertiary/aromatic N) is 1. The van der Waals surface area contributed by atoms with Crippen LogP contribution in [0.15, 0.2) is 0 Å². The molecule has 0 heterocycles. The predicted molar refractivity (Wildman–Crippen MR) is 52.6 cm³/mol. The first-order chi connectivity index (χ1) is 5.79. The zero-order chi connectivity index (χ0) is 8.81. The van der Waals surface area contributed by atoms with Crippen LogP contribution in [0.1, 0.15) is 44.9 Å². The van der Waals surface area contributed by atoms with Crippen molar-refractivity contribution in [3.63, 3.8) is 0 Å². The van der Waals surface area contributed by atoms with Gasteiger partial charge in [-0.1, -0.05) is 38.5 Å². The summed E-state index contributed by atoms with van der Waals surface area (Å²) in [6, 6.07) is 0. The van der Waals surface area contributed by atoms with Crippen molar-refractivity contribution in [1.29, 1.82) is 0 Å². The van der Waals surface area contributed by atoms with Gasteiger partial charge in [0.25, 0.3) is 0 Å². The van der Waals surface area contributed by atoms with Gasteiger partial charge in [-0.3, -0.25) is 10.9 Å². The maximum Gasteiger partial charge on any atom is 0.0128 e. The molecule has 72 valence electrons. The third-order valence-electron chi connectivity index (χ3n) is 2.86. The van der Waals surface area contributed by atoms with Gasteiger partial charge in [-0.25, -0.2) is 0 Å². The first-order valence-electron chi connectivity index (χ1n) is 5.25. The molecule has 1 saturated carbocycles. The highest BCUT2D eigenvalue weighted by Gasteiger charge is 2.11. The molecule has 0 saturated heterocycles. The molecule has 0 aromatic carbocycles. The summed E-state index contributed by atoms with van der Waals surface area (Å²) < 4.78 is 0. The largest absolute Gasteiger partial charge is 0.269 e. The molecule has 0 spiro atoms. The van der Waals surface area contributed by atoms with Gasteiger partial charge in [-0.05, 0) is 12.3 Å². The molecule has 0 bridgehead atoms. The predicted octanol–water partition coefficient (Wildman–Crippen LogP) is 2.15. The number of rotatable bonds is 3. The van der Waals surface area contributed by atoms with Crippen LogP contribution in [0, 0.1) is 5.92 Å². The summed E-state index contributed by atoms with van der Waals surface area (Å²) in [6.45, 7) is 1.06. The average Bonchev–Trinajstić information content (AvgIpc) is 2.28. The van der Waals surface area contributed by atoms with Crippen molar-refractivity contribution >= 4 is 0 Å².